The van der Waals surface area contributed by atoms with Gasteiger partial charge in [-0.25, -0.2) is 0 Å². The number of Topliss-reactive ketones (excluding diaryl/α,β-unsaturated/α-hetero) is 1. The van der Waals surface area contributed by atoms with Gasteiger partial charge in [0.1, 0.15) is 5.78 Å². The molecular weight excluding hydrogens is 240 g/mol. The van der Waals surface area contributed by atoms with Crippen molar-refractivity contribution < 1.29 is 4.79 Å². The van der Waals surface area contributed by atoms with Crippen molar-refractivity contribution in [1.82, 2.24) is 0 Å². The Kier molecular flexibility index (Phi) is 2.61. The molecule has 0 amide bonds. The summed E-state index contributed by atoms with van der Waals surface area (Å²) in [7, 11) is 0. The standard InChI is InChI=1S/C16H20OS/c17-16(15-11-4-1-2-5-12(11)15)13-6-3-7-14-10(13)8-9-18-14/h8-9,11-13,15H,1-7H2. The van der Waals surface area contributed by atoms with E-state index in [-0.39, 0.29) is 5.92 Å². The van der Waals surface area contributed by atoms with Crippen molar-refractivity contribution in [1.29, 1.82) is 0 Å². The maximum atomic E-state index is 12.8. The number of fused-ring (bicyclic) bond motifs is 2. The molecule has 4 rings (SSSR count). The molecule has 1 heterocycles. The first-order valence-corrected chi connectivity index (χ1v) is 8.34. The molecule has 1 nitrogen and oxygen atoms in total. The summed E-state index contributed by atoms with van der Waals surface area (Å²) < 4.78 is 0. The normalized spacial score (nSPS) is 37.8. The third-order valence-corrected chi connectivity index (χ3v) is 6.38. The Labute approximate surface area is 113 Å². The van der Waals surface area contributed by atoms with Gasteiger partial charge in [0.2, 0.25) is 0 Å². The first-order chi connectivity index (χ1) is 8.86. The Morgan fingerprint density at radius 3 is 2.67 bits per heavy atom. The molecule has 96 valence electrons. The number of carbonyl (C=O) groups is 1. The smallest absolute Gasteiger partial charge is 0.144 e. The van der Waals surface area contributed by atoms with Crippen LogP contribution in [0.25, 0.3) is 0 Å². The lowest BCUT2D eigenvalue weighted by Gasteiger charge is -2.21. The number of rotatable bonds is 2. The van der Waals surface area contributed by atoms with Gasteiger partial charge < -0.3 is 0 Å². The quantitative estimate of drug-likeness (QED) is 0.780. The fourth-order valence-corrected chi connectivity index (χ4v) is 5.42. The highest BCUT2D eigenvalue weighted by Gasteiger charge is 2.55. The van der Waals surface area contributed by atoms with Gasteiger partial charge in [0, 0.05) is 16.7 Å². The first kappa shape index (κ1) is 11.2. The summed E-state index contributed by atoms with van der Waals surface area (Å²) in [4.78, 5) is 14.3. The zero-order chi connectivity index (χ0) is 12.1. The predicted octanol–water partition coefficient (Wildman–Crippen LogP) is 4.17. The average molecular weight is 260 g/mol. The number of carbonyl (C=O) groups excluding carboxylic acids is 1. The lowest BCUT2D eigenvalue weighted by molar-refractivity contribution is -0.122. The molecule has 0 saturated heterocycles. The number of aryl methyl sites for hydroxylation is 1. The van der Waals surface area contributed by atoms with Crippen molar-refractivity contribution in [3.8, 4) is 0 Å². The minimum atomic E-state index is 0.260. The molecule has 0 spiro atoms. The molecule has 3 aliphatic rings. The molecule has 1 aromatic heterocycles. The van der Waals surface area contributed by atoms with Crippen LogP contribution in [-0.4, -0.2) is 5.78 Å². The summed E-state index contributed by atoms with van der Waals surface area (Å²) in [6.45, 7) is 0. The van der Waals surface area contributed by atoms with Gasteiger partial charge in [-0.05, 0) is 60.9 Å². The fourth-order valence-electron chi connectivity index (χ4n) is 4.43. The third kappa shape index (κ3) is 1.61. The highest BCUT2D eigenvalue weighted by atomic mass is 32.1. The first-order valence-electron chi connectivity index (χ1n) is 7.46. The SMILES string of the molecule is O=C(C1CCCc2sccc21)C1C2CCCCC21. The lowest BCUT2D eigenvalue weighted by Crippen LogP contribution is -2.19. The van der Waals surface area contributed by atoms with Gasteiger partial charge in [-0.1, -0.05) is 12.8 Å². The van der Waals surface area contributed by atoms with Crippen LogP contribution in [0.3, 0.4) is 0 Å². The maximum absolute atomic E-state index is 12.8. The van der Waals surface area contributed by atoms with E-state index in [1.807, 2.05) is 11.3 Å². The number of hydrogen-bond donors (Lipinski definition) is 0. The summed E-state index contributed by atoms with van der Waals surface area (Å²) in [6, 6.07) is 2.22. The van der Waals surface area contributed by atoms with Crippen LogP contribution in [0.4, 0.5) is 0 Å². The molecule has 1 aromatic rings. The van der Waals surface area contributed by atoms with E-state index in [1.165, 1.54) is 49.0 Å². The minimum absolute atomic E-state index is 0.260. The largest absolute Gasteiger partial charge is 0.299 e. The zero-order valence-corrected chi connectivity index (χ0v) is 11.5. The Balaban J connectivity index is 1.57. The molecule has 3 unspecified atom stereocenters. The van der Waals surface area contributed by atoms with Crippen LogP contribution in [0, 0.1) is 17.8 Å². The van der Waals surface area contributed by atoms with E-state index in [1.54, 1.807) is 0 Å². The molecule has 0 aromatic carbocycles. The van der Waals surface area contributed by atoms with Gasteiger partial charge in [-0.2, -0.15) is 0 Å². The van der Waals surface area contributed by atoms with Crippen molar-refractivity contribution in [2.75, 3.05) is 0 Å². The van der Waals surface area contributed by atoms with Crippen molar-refractivity contribution in [3.63, 3.8) is 0 Å². The highest BCUT2D eigenvalue weighted by Crippen LogP contribution is 2.58. The molecule has 18 heavy (non-hydrogen) atoms. The zero-order valence-electron chi connectivity index (χ0n) is 10.7. The average Bonchev–Trinajstić information content (AvgIpc) is 2.93. The van der Waals surface area contributed by atoms with Gasteiger partial charge in [0.05, 0.1) is 0 Å². The van der Waals surface area contributed by atoms with Crippen LogP contribution >= 0.6 is 11.3 Å². The minimum Gasteiger partial charge on any atom is -0.299 e. The van der Waals surface area contributed by atoms with Crippen LogP contribution in [0.15, 0.2) is 11.4 Å². The predicted molar refractivity (Wildman–Crippen MR) is 73.9 cm³/mol. The summed E-state index contributed by atoms with van der Waals surface area (Å²) >= 11 is 1.85. The second kappa shape index (κ2) is 4.19. The Hall–Kier alpha value is -0.630. The molecule has 0 aliphatic heterocycles. The molecule has 0 N–H and O–H groups in total. The van der Waals surface area contributed by atoms with Gasteiger partial charge >= 0.3 is 0 Å². The molecule has 3 aliphatic carbocycles. The van der Waals surface area contributed by atoms with Gasteiger partial charge in [0.25, 0.3) is 0 Å². The molecule has 2 fully saturated rings. The number of ketones is 1. The Bertz CT molecular complexity index is 463. The second-order valence-corrected chi connectivity index (χ2v) is 7.28. The van der Waals surface area contributed by atoms with Gasteiger partial charge in [-0.3, -0.25) is 4.79 Å². The molecule has 2 saturated carbocycles. The monoisotopic (exact) mass is 260 g/mol. The lowest BCUT2D eigenvalue weighted by atomic mass is 9.82. The van der Waals surface area contributed by atoms with Gasteiger partial charge in [-0.15, -0.1) is 11.3 Å². The summed E-state index contributed by atoms with van der Waals surface area (Å²) in [6.07, 6.45) is 8.89. The number of hydrogen-bond acceptors (Lipinski definition) is 2. The van der Waals surface area contributed by atoms with E-state index in [2.05, 4.69) is 11.4 Å². The maximum Gasteiger partial charge on any atom is 0.144 e. The number of thiophene rings is 1. The summed E-state index contributed by atoms with van der Waals surface area (Å²) in [5.41, 5.74) is 1.39. The van der Waals surface area contributed by atoms with E-state index in [0.717, 1.165) is 18.3 Å². The highest BCUT2D eigenvalue weighted by molar-refractivity contribution is 7.10. The van der Waals surface area contributed by atoms with Crippen LogP contribution in [0.2, 0.25) is 0 Å². The molecule has 3 atom stereocenters. The topological polar surface area (TPSA) is 17.1 Å². The molecular formula is C16H20OS. The van der Waals surface area contributed by atoms with Crippen LogP contribution in [-0.2, 0) is 11.2 Å². The van der Waals surface area contributed by atoms with Crippen LogP contribution in [0.1, 0.15) is 54.9 Å². The van der Waals surface area contributed by atoms with E-state index < -0.39 is 0 Å². The van der Waals surface area contributed by atoms with Gasteiger partial charge in [0.15, 0.2) is 0 Å². The molecule has 0 bridgehead atoms. The summed E-state index contributed by atoms with van der Waals surface area (Å²) in [5, 5.41) is 2.18. The second-order valence-electron chi connectivity index (χ2n) is 6.28. The van der Waals surface area contributed by atoms with Crippen LogP contribution in [0.5, 0.6) is 0 Å². The van der Waals surface area contributed by atoms with Crippen molar-refractivity contribution in [3.05, 3.63) is 21.9 Å². The van der Waals surface area contributed by atoms with Crippen molar-refractivity contribution in [2.45, 2.75) is 50.9 Å². The Morgan fingerprint density at radius 2 is 1.89 bits per heavy atom. The van der Waals surface area contributed by atoms with E-state index in [4.69, 9.17) is 0 Å². The fraction of sp³-hybridized carbons (Fsp3) is 0.688. The Morgan fingerprint density at radius 1 is 1.11 bits per heavy atom. The van der Waals surface area contributed by atoms with Crippen molar-refractivity contribution >= 4 is 17.1 Å². The van der Waals surface area contributed by atoms with Crippen molar-refractivity contribution in [2.24, 2.45) is 17.8 Å². The van der Waals surface area contributed by atoms with E-state index >= 15 is 0 Å². The third-order valence-electron chi connectivity index (χ3n) is 5.38. The summed E-state index contributed by atoms with van der Waals surface area (Å²) in [5.74, 6) is 2.86. The van der Waals surface area contributed by atoms with E-state index in [9.17, 15) is 4.79 Å². The van der Waals surface area contributed by atoms with Crippen LogP contribution < -0.4 is 0 Å². The molecule has 0 radical (unpaired) electrons. The molecule has 2 heteroatoms. The van der Waals surface area contributed by atoms with E-state index in [0.29, 0.717) is 11.7 Å².